The summed E-state index contributed by atoms with van der Waals surface area (Å²) in [5, 5.41) is 3.25. The van der Waals surface area contributed by atoms with Gasteiger partial charge in [0.15, 0.2) is 0 Å². The van der Waals surface area contributed by atoms with E-state index in [0.717, 1.165) is 38.2 Å². The van der Waals surface area contributed by atoms with Gasteiger partial charge in [0.2, 0.25) is 5.91 Å². The van der Waals surface area contributed by atoms with Crippen LogP contribution in [0.4, 0.5) is 0 Å². The standard InChI is InChI=1S/C21H27N3O2S/c1-15-5-4-6-18(9-15)11-26-21(7-8-21)20(23-17(3)25)12-24(13-20)10-19-16(2)22-14-27-19/h4-6,9,14H,7-8,10-13H2,1-3H3,(H,23,25). The molecule has 1 aromatic carbocycles. The highest BCUT2D eigenvalue weighted by Gasteiger charge is 2.66. The number of rotatable bonds is 7. The molecule has 5 nitrogen and oxygen atoms in total. The second-order valence-corrected chi connectivity index (χ2v) is 8.98. The first-order valence-electron chi connectivity index (χ1n) is 9.51. The lowest BCUT2D eigenvalue weighted by Crippen LogP contribution is -2.76. The summed E-state index contributed by atoms with van der Waals surface area (Å²) in [6.45, 7) is 8.91. The molecule has 4 rings (SSSR count). The molecule has 1 aromatic heterocycles. The molecule has 1 aliphatic carbocycles. The normalized spacial score (nSPS) is 20.1. The number of nitrogens with zero attached hydrogens (tertiary/aromatic N) is 2. The molecule has 0 spiro atoms. The minimum absolute atomic E-state index is 0.0223. The minimum atomic E-state index is -0.277. The smallest absolute Gasteiger partial charge is 0.217 e. The van der Waals surface area contributed by atoms with Gasteiger partial charge in [0.1, 0.15) is 0 Å². The molecule has 0 atom stereocenters. The predicted octanol–water partition coefficient (Wildman–Crippen LogP) is 3.20. The number of hydrogen-bond acceptors (Lipinski definition) is 5. The summed E-state index contributed by atoms with van der Waals surface area (Å²) < 4.78 is 6.45. The summed E-state index contributed by atoms with van der Waals surface area (Å²) in [5.41, 5.74) is 4.93. The van der Waals surface area contributed by atoms with Gasteiger partial charge in [0.05, 0.1) is 29.0 Å². The van der Waals surface area contributed by atoms with Crippen molar-refractivity contribution in [2.75, 3.05) is 13.1 Å². The molecule has 2 aromatic rings. The number of amides is 1. The molecule has 0 bridgehead atoms. The third-order valence-electron chi connectivity index (χ3n) is 5.79. The van der Waals surface area contributed by atoms with Crippen LogP contribution in [0, 0.1) is 13.8 Å². The Bertz CT molecular complexity index is 837. The van der Waals surface area contributed by atoms with Gasteiger partial charge in [-0.25, -0.2) is 4.98 Å². The van der Waals surface area contributed by atoms with Gasteiger partial charge in [-0.15, -0.1) is 11.3 Å². The van der Waals surface area contributed by atoms with Gasteiger partial charge >= 0.3 is 0 Å². The zero-order chi connectivity index (χ0) is 19.1. The van der Waals surface area contributed by atoms with Crippen molar-refractivity contribution < 1.29 is 9.53 Å². The maximum Gasteiger partial charge on any atom is 0.217 e. The molecule has 2 aliphatic rings. The lowest BCUT2D eigenvalue weighted by Gasteiger charge is -2.54. The summed E-state index contributed by atoms with van der Waals surface area (Å²) in [4.78, 5) is 20.0. The van der Waals surface area contributed by atoms with Crippen molar-refractivity contribution in [1.29, 1.82) is 0 Å². The number of aromatic nitrogens is 1. The Morgan fingerprint density at radius 2 is 2.11 bits per heavy atom. The fourth-order valence-corrected chi connectivity index (χ4v) is 5.04. The lowest BCUT2D eigenvalue weighted by atomic mass is 9.81. The summed E-state index contributed by atoms with van der Waals surface area (Å²) in [7, 11) is 0. The van der Waals surface area contributed by atoms with E-state index >= 15 is 0 Å². The molecular weight excluding hydrogens is 358 g/mol. The van der Waals surface area contributed by atoms with Crippen molar-refractivity contribution in [3.05, 3.63) is 51.5 Å². The second-order valence-electron chi connectivity index (χ2n) is 8.04. The molecule has 144 valence electrons. The van der Waals surface area contributed by atoms with Crippen LogP contribution in [0.1, 0.15) is 41.5 Å². The minimum Gasteiger partial charge on any atom is -0.368 e. The van der Waals surface area contributed by atoms with E-state index in [-0.39, 0.29) is 17.0 Å². The van der Waals surface area contributed by atoms with Gasteiger partial charge in [-0.05, 0) is 32.3 Å². The number of thiazole rings is 1. The van der Waals surface area contributed by atoms with Crippen molar-refractivity contribution in [3.8, 4) is 0 Å². The number of nitrogens with one attached hydrogen (secondary N) is 1. The average Bonchev–Trinajstić information content (AvgIpc) is 3.28. The molecule has 0 unspecified atom stereocenters. The molecule has 1 saturated heterocycles. The molecule has 1 N–H and O–H groups in total. The van der Waals surface area contributed by atoms with Crippen LogP contribution in [0.15, 0.2) is 29.8 Å². The van der Waals surface area contributed by atoms with E-state index in [1.807, 2.05) is 5.51 Å². The van der Waals surface area contributed by atoms with Gasteiger partial charge in [-0.3, -0.25) is 9.69 Å². The number of aryl methyl sites for hydroxylation is 2. The van der Waals surface area contributed by atoms with Crippen molar-refractivity contribution in [3.63, 3.8) is 0 Å². The third kappa shape index (κ3) is 3.66. The maximum absolute atomic E-state index is 11.9. The van der Waals surface area contributed by atoms with E-state index in [0.29, 0.717) is 6.61 Å². The SMILES string of the molecule is CC(=O)NC1(C2(OCc3cccc(C)c3)CC2)CN(Cc2scnc2C)C1. The van der Waals surface area contributed by atoms with Crippen LogP contribution in [0.5, 0.6) is 0 Å². The monoisotopic (exact) mass is 385 g/mol. The fourth-order valence-electron chi connectivity index (χ4n) is 4.23. The van der Waals surface area contributed by atoms with Crippen LogP contribution in [-0.2, 0) is 22.7 Å². The van der Waals surface area contributed by atoms with Gasteiger partial charge in [0, 0.05) is 31.4 Å². The number of benzene rings is 1. The number of carbonyl (C=O) groups is 1. The Hall–Kier alpha value is -1.76. The van der Waals surface area contributed by atoms with Crippen LogP contribution in [0.3, 0.4) is 0 Å². The van der Waals surface area contributed by atoms with Gasteiger partial charge in [-0.1, -0.05) is 29.8 Å². The maximum atomic E-state index is 11.9. The first-order chi connectivity index (χ1) is 12.9. The van der Waals surface area contributed by atoms with E-state index in [9.17, 15) is 4.79 Å². The quantitative estimate of drug-likeness (QED) is 0.795. The first kappa shape index (κ1) is 18.6. The number of likely N-dealkylation sites (tertiary alicyclic amines) is 1. The van der Waals surface area contributed by atoms with Crippen LogP contribution in [0.25, 0.3) is 0 Å². The van der Waals surface area contributed by atoms with Crippen LogP contribution >= 0.6 is 11.3 Å². The van der Waals surface area contributed by atoms with Crippen LogP contribution in [-0.4, -0.2) is 40.0 Å². The van der Waals surface area contributed by atoms with Crippen LogP contribution < -0.4 is 5.32 Å². The summed E-state index contributed by atoms with van der Waals surface area (Å²) in [5.74, 6) is 0.0223. The van der Waals surface area contributed by atoms with Gasteiger partial charge in [-0.2, -0.15) is 0 Å². The topological polar surface area (TPSA) is 54.5 Å². The molecule has 1 aliphatic heterocycles. The van der Waals surface area contributed by atoms with Crippen molar-refractivity contribution in [2.45, 2.75) is 57.9 Å². The van der Waals surface area contributed by atoms with E-state index in [1.165, 1.54) is 16.0 Å². The zero-order valence-corrected chi connectivity index (χ0v) is 17.1. The molecule has 2 fully saturated rings. The van der Waals surface area contributed by atoms with E-state index < -0.39 is 0 Å². The number of hydrogen-bond donors (Lipinski definition) is 1. The van der Waals surface area contributed by atoms with E-state index in [4.69, 9.17) is 4.74 Å². The Kier molecular flexibility index (Phi) is 4.82. The number of ether oxygens (including phenoxy) is 1. The Morgan fingerprint density at radius 1 is 1.33 bits per heavy atom. The van der Waals surface area contributed by atoms with E-state index in [2.05, 4.69) is 53.3 Å². The molecule has 27 heavy (non-hydrogen) atoms. The lowest BCUT2D eigenvalue weighted by molar-refractivity contribution is -0.139. The molecule has 6 heteroatoms. The second kappa shape index (κ2) is 7.00. The average molecular weight is 386 g/mol. The van der Waals surface area contributed by atoms with Crippen LogP contribution in [0.2, 0.25) is 0 Å². The molecule has 1 amide bonds. The first-order valence-corrected chi connectivity index (χ1v) is 10.4. The van der Waals surface area contributed by atoms with Crippen molar-refractivity contribution in [2.24, 2.45) is 0 Å². The fraction of sp³-hybridized carbons (Fsp3) is 0.524. The highest BCUT2D eigenvalue weighted by molar-refractivity contribution is 7.09. The highest BCUT2D eigenvalue weighted by Crippen LogP contribution is 2.52. The van der Waals surface area contributed by atoms with Crippen molar-refractivity contribution in [1.82, 2.24) is 15.2 Å². The Balaban J connectivity index is 1.44. The van der Waals surface area contributed by atoms with Gasteiger partial charge in [0.25, 0.3) is 0 Å². The largest absolute Gasteiger partial charge is 0.368 e. The van der Waals surface area contributed by atoms with Gasteiger partial charge < -0.3 is 10.1 Å². The summed E-state index contributed by atoms with van der Waals surface area (Å²) >= 11 is 1.70. The van der Waals surface area contributed by atoms with E-state index in [1.54, 1.807) is 18.3 Å². The Labute approximate surface area is 164 Å². The molecular formula is C21H27N3O2S. The summed E-state index contributed by atoms with van der Waals surface area (Å²) in [6, 6.07) is 8.44. The summed E-state index contributed by atoms with van der Waals surface area (Å²) in [6.07, 6.45) is 2.01. The van der Waals surface area contributed by atoms with Crippen molar-refractivity contribution >= 4 is 17.2 Å². The zero-order valence-electron chi connectivity index (χ0n) is 16.2. The molecule has 0 radical (unpaired) electrons. The third-order valence-corrected chi connectivity index (χ3v) is 6.71. The Morgan fingerprint density at radius 3 is 2.70 bits per heavy atom. The highest BCUT2D eigenvalue weighted by atomic mass is 32.1. The molecule has 1 saturated carbocycles. The predicted molar refractivity (Wildman–Crippen MR) is 107 cm³/mol. The number of carbonyl (C=O) groups excluding carboxylic acids is 1. The molecule has 2 heterocycles.